The first kappa shape index (κ1) is 17.7. The van der Waals surface area contributed by atoms with Crippen LogP contribution in [0.2, 0.25) is 0 Å². The number of hydrogen-bond acceptors (Lipinski definition) is 2. The number of benzene rings is 1. The maximum Gasteiger partial charge on any atom is 0.223 e. The first-order chi connectivity index (χ1) is 10.9. The third-order valence-electron chi connectivity index (χ3n) is 4.71. The quantitative estimate of drug-likeness (QED) is 0.817. The summed E-state index contributed by atoms with van der Waals surface area (Å²) in [7, 11) is 0. The Morgan fingerprint density at radius 3 is 2.43 bits per heavy atom. The van der Waals surface area contributed by atoms with Gasteiger partial charge in [0.25, 0.3) is 0 Å². The molecule has 0 bridgehead atoms. The van der Waals surface area contributed by atoms with E-state index >= 15 is 0 Å². The van der Waals surface area contributed by atoms with E-state index in [-0.39, 0.29) is 17.1 Å². The van der Waals surface area contributed by atoms with Crippen molar-refractivity contribution in [1.82, 2.24) is 4.90 Å². The highest BCUT2D eigenvalue weighted by atomic mass is 16.2. The molecule has 0 N–H and O–H groups in total. The van der Waals surface area contributed by atoms with Gasteiger partial charge in [0.2, 0.25) is 5.91 Å². The van der Waals surface area contributed by atoms with Gasteiger partial charge in [0.05, 0.1) is 0 Å². The van der Waals surface area contributed by atoms with Crippen LogP contribution in [0.5, 0.6) is 0 Å². The number of likely N-dealkylation sites (tertiary alicyclic amines) is 1. The average Bonchev–Trinajstić information content (AvgIpc) is 2.72. The van der Waals surface area contributed by atoms with Gasteiger partial charge in [0, 0.05) is 25.9 Å². The number of Topliss-reactive ketones (excluding diaryl/α,β-unsaturated/α-hetero) is 1. The van der Waals surface area contributed by atoms with Crippen LogP contribution in [0.4, 0.5) is 0 Å². The van der Waals surface area contributed by atoms with Crippen molar-refractivity contribution in [3.8, 4) is 0 Å². The lowest BCUT2D eigenvalue weighted by Gasteiger charge is -2.27. The predicted octanol–water partition coefficient (Wildman–Crippen LogP) is 4.18. The second-order valence-corrected chi connectivity index (χ2v) is 7.64. The van der Waals surface area contributed by atoms with E-state index in [1.807, 2.05) is 24.8 Å². The van der Waals surface area contributed by atoms with E-state index in [4.69, 9.17) is 0 Å². The summed E-state index contributed by atoms with van der Waals surface area (Å²) in [5, 5.41) is 0. The van der Waals surface area contributed by atoms with Gasteiger partial charge in [0.15, 0.2) is 0 Å². The van der Waals surface area contributed by atoms with E-state index in [1.54, 1.807) is 6.92 Å². The first-order valence-electron chi connectivity index (χ1n) is 8.69. The smallest absolute Gasteiger partial charge is 0.223 e. The number of amides is 1. The molecule has 23 heavy (non-hydrogen) atoms. The Morgan fingerprint density at radius 2 is 1.78 bits per heavy atom. The molecule has 3 heteroatoms. The zero-order chi connectivity index (χ0) is 16.9. The van der Waals surface area contributed by atoms with E-state index in [1.165, 1.54) is 5.56 Å². The highest BCUT2D eigenvalue weighted by Crippen LogP contribution is 2.30. The monoisotopic (exact) mass is 315 g/mol. The molecule has 0 aliphatic carbocycles. The van der Waals surface area contributed by atoms with Crippen molar-refractivity contribution in [2.45, 2.75) is 58.8 Å². The minimum Gasteiger partial charge on any atom is -0.343 e. The second-order valence-electron chi connectivity index (χ2n) is 7.64. The Morgan fingerprint density at radius 1 is 1.09 bits per heavy atom. The van der Waals surface area contributed by atoms with Gasteiger partial charge in [-0.15, -0.1) is 0 Å². The number of carbonyl (C=O) groups is 2. The van der Waals surface area contributed by atoms with E-state index < -0.39 is 0 Å². The summed E-state index contributed by atoms with van der Waals surface area (Å²) in [6.07, 6.45) is 4.16. The first-order valence-corrected chi connectivity index (χ1v) is 8.69. The van der Waals surface area contributed by atoms with Crippen LogP contribution >= 0.6 is 0 Å². The molecule has 1 aromatic carbocycles. The molecular formula is C20H29NO2. The lowest BCUT2D eigenvalue weighted by molar-refractivity contribution is -0.133. The average molecular weight is 315 g/mol. The van der Waals surface area contributed by atoms with Crippen molar-refractivity contribution in [3.63, 3.8) is 0 Å². The van der Waals surface area contributed by atoms with Crippen molar-refractivity contribution in [2.24, 2.45) is 5.41 Å². The summed E-state index contributed by atoms with van der Waals surface area (Å²) in [6.45, 7) is 7.29. The normalized spacial score (nSPS) is 19.3. The van der Waals surface area contributed by atoms with Gasteiger partial charge in [-0.1, -0.05) is 44.2 Å². The van der Waals surface area contributed by atoms with E-state index in [0.717, 1.165) is 32.4 Å². The fourth-order valence-electron chi connectivity index (χ4n) is 3.66. The van der Waals surface area contributed by atoms with E-state index in [9.17, 15) is 9.59 Å². The Kier molecular flexibility index (Phi) is 5.97. The van der Waals surface area contributed by atoms with Gasteiger partial charge in [-0.25, -0.2) is 0 Å². The van der Waals surface area contributed by atoms with E-state index in [2.05, 4.69) is 24.3 Å². The third kappa shape index (κ3) is 5.49. The molecule has 1 fully saturated rings. The van der Waals surface area contributed by atoms with E-state index in [0.29, 0.717) is 18.8 Å². The number of ketones is 1. The Balaban J connectivity index is 1.92. The minimum atomic E-state index is -0.242. The van der Waals surface area contributed by atoms with Gasteiger partial charge in [-0.05, 0) is 43.1 Å². The predicted molar refractivity (Wildman–Crippen MR) is 93.3 cm³/mol. The molecule has 1 saturated heterocycles. The molecule has 126 valence electrons. The molecule has 1 aliphatic heterocycles. The topological polar surface area (TPSA) is 37.4 Å². The van der Waals surface area contributed by atoms with Crippen LogP contribution in [0.25, 0.3) is 0 Å². The second kappa shape index (κ2) is 7.76. The van der Waals surface area contributed by atoms with Gasteiger partial charge < -0.3 is 9.69 Å². The largest absolute Gasteiger partial charge is 0.343 e. The molecule has 0 spiro atoms. The van der Waals surface area contributed by atoms with Gasteiger partial charge in [-0.3, -0.25) is 4.79 Å². The molecule has 0 radical (unpaired) electrons. The zero-order valence-electron chi connectivity index (χ0n) is 14.7. The summed E-state index contributed by atoms with van der Waals surface area (Å²) in [5.74, 6) is 0.909. The van der Waals surface area contributed by atoms with Crippen LogP contribution in [0, 0.1) is 5.41 Å². The number of carbonyl (C=O) groups excluding carboxylic acids is 2. The van der Waals surface area contributed by atoms with Crippen LogP contribution in [-0.2, 0) is 9.59 Å². The number of rotatable bonds is 5. The van der Waals surface area contributed by atoms with Crippen molar-refractivity contribution < 1.29 is 9.59 Å². The molecule has 2 rings (SSSR count). The van der Waals surface area contributed by atoms with Crippen molar-refractivity contribution in [1.29, 1.82) is 0 Å². The lowest BCUT2D eigenvalue weighted by atomic mass is 9.83. The Labute approximate surface area is 140 Å². The highest BCUT2D eigenvalue weighted by Gasteiger charge is 2.28. The summed E-state index contributed by atoms with van der Waals surface area (Å²) in [4.78, 5) is 26.0. The zero-order valence-corrected chi connectivity index (χ0v) is 14.7. The lowest BCUT2D eigenvalue weighted by Crippen LogP contribution is -2.35. The summed E-state index contributed by atoms with van der Waals surface area (Å²) in [6, 6.07) is 10.6. The van der Waals surface area contributed by atoms with Gasteiger partial charge >= 0.3 is 0 Å². The maximum atomic E-state index is 12.6. The molecule has 3 nitrogen and oxygen atoms in total. The SMILES string of the molecule is CC(=O)CC(C)(C)CC(=O)N1CCCC(c2ccccc2)CC1. The third-order valence-corrected chi connectivity index (χ3v) is 4.71. The number of nitrogens with zero attached hydrogens (tertiary/aromatic N) is 1. The molecular weight excluding hydrogens is 286 g/mol. The standard InChI is InChI=1S/C20H29NO2/c1-16(22)14-20(2,3)15-19(23)21-12-7-10-18(11-13-21)17-8-5-4-6-9-17/h4-6,8-9,18H,7,10-15H2,1-3H3. The maximum absolute atomic E-state index is 12.6. The molecule has 1 aromatic rings. The van der Waals surface area contributed by atoms with Gasteiger partial charge in [-0.2, -0.15) is 0 Å². The Bertz CT molecular complexity index is 536. The minimum absolute atomic E-state index is 0.155. The summed E-state index contributed by atoms with van der Waals surface area (Å²) >= 11 is 0. The van der Waals surface area contributed by atoms with Crippen molar-refractivity contribution in [3.05, 3.63) is 35.9 Å². The molecule has 1 atom stereocenters. The molecule has 0 saturated carbocycles. The molecule has 0 aromatic heterocycles. The van der Waals surface area contributed by atoms with Crippen LogP contribution in [0.15, 0.2) is 30.3 Å². The molecule has 1 amide bonds. The molecule has 1 heterocycles. The van der Waals surface area contributed by atoms with Crippen LogP contribution in [-0.4, -0.2) is 29.7 Å². The van der Waals surface area contributed by atoms with Crippen LogP contribution in [0.1, 0.15) is 64.4 Å². The van der Waals surface area contributed by atoms with Crippen molar-refractivity contribution in [2.75, 3.05) is 13.1 Å². The Hall–Kier alpha value is -1.64. The molecule has 1 aliphatic rings. The van der Waals surface area contributed by atoms with Crippen molar-refractivity contribution >= 4 is 11.7 Å². The molecule has 1 unspecified atom stereocenters. The summed E-state index contributed by atoms with van der Waals surface area (Å²) < 4.78 is 0. The number of hydrogen-bond donors (Lipinski definition) is 0. The summed E-state index contributed by atoms with van der Waals surface area (Å²) in [5.41, 5.74) is 1.15. The van der Waals surface area contributed by atoms with Crippen LogP contribution in [0.3, 0.4) is 0 Å². The van der Waals surface area contributed by atoms with Gasteiger partial charge in [0.1, 0.15) is 5.78 Å². The van der Waals surface area contributed by atoms with Crippen LogP contribution < -0.4 is 0 Å². The highest BCUT2D eigenvalue weighted by molar-refractivity contribution is 5.80. The fourth-order valence-corrected chi connectivity index (χ4v) is 3.66. The fraction of sp³-hybridized carbons (Fsp3) is 0.600.